The van der Waals surface area contributed by atoms with Crippen molar-refractivity contribution in [1.82, 2.24) is 4.57 Å². The zero-order chi connectivity index (χ0) is 28.5. The van der Waals surface area contributed by atoms with Gasteiger partial charge in [0.05, 0.1) is 28.5 Å². The second-order valence-electron chi connectivity index (χ2n) is 9.37. The summed E-state index contributed by atoms with van der Waals surface area (Å²) in [6.07, 6.45) is 1.79. The number of thiazole rings is 1. The maximum Gasteiger partial charge on any atom is 0.338 e. The Morgan fingerprint density at radius 1 is 1.12 bits per heavy atom. The number of para-hydroxylation sites is 1. The molecule has 0 fully saturated rings. The molecule has 10 heteroatoms. The molecule has 8 nitrogen and oxygen atoms in total. The van der Waals surface area contributed by atoms with E-state index in [9.17, 15) is 9.59 Å². The van der Waals surface area contributed by atoms with Crippen molar-refractivity contribution in [3.8, 4) is 17.2 Å². The second-order valence-corrected chi connectivity index (χ2v) is 10.8. The van der Waals surface area contributed by atoms with E-state index in [0.29, 0.717) is 55.0 Å². The Kier molecular flexibility index (Phi) is 7.38. The van der Waals surface area contributed by atoms with E-state index in [2.05, 4.69) is 4.99 Å². The minimum absolute atomic E-state index is 0.112. The number of esters is 1. The van der Waals surface area contributed by atoms with Crippen LogP contribution in [0.25, 0.3) is 6.08 Å². The highest BCUT2D eigenvalue weighted by Gasteiger charge is 2.34. The molecule has 0 N–H and O–H groups in total. The van der Waals surface area contributed by atoms with E-state index in [0.717, 1.165) is 11.1 Å². The van der Waals surface area contributed by atoms with Gasteiger partial charge in [-0.25, -0.2) is 9.79 Å². The van der Waals surface area contributed by atoms with Crippen molar-refractivity contribution in [3.05, 3.63) is 119 Å². The summed E-state index contributed by atoms with van der Waals surface area (Å²) >= 11 is 7.26. The van der Waals surface area contributed by atoms with Crippen LogP contribution in [-0.2, 0) is 16.1 Å². The molecule has 3 aromatic carbocycles. The third-order valence-corrected chi connectivity index (χ3v) is 7.98. The van der Waals surface area contributed by atoms with Crippen LogP contribution >= 0.6 is 22.9 Å². The fourth-order valence-corrected chi connectivity index (χ4v) is 5.97. The second kappa shape index (κ2) is 11.3. The molecule has 0 spiro atoms. The number of hydrogen-bond acceptors (Lipinski definition) is 8. The smallest absolute Gasteiger partial charge is 0.338 e. The van der Waals surface area contributed by atoms with Gasteiger partial charge in [-0.15, -0.1) is 0 Å². The topological polar surface area (TPSA) is 88.4 Å². The molecule has 6 rings (SSSR count). The van der Waals surface area contributed by atoms with Crippen LogP contribution in [0.5, 0.6) is 17.2 Å². The monoisotopic (exact) mass is 588 g/mol. The Bertz CT molecular complexity index is 1860. The summed E-state index contributed by atoms with van der Waals surface area (Å²) in [6, 6.07) is 19.6. The Morgan fingerprint density at radius 3 is 2.71 bits per heavy atom. The molecule has 1 unspecified atom stereocenters. The maximum absolute atomic E-state index is 14.0. The van der Waals surface area contributed by atoms with Gasteiger partial charge in [-0.2, -0.15) is 0 Å². The molecule has 208 valence electrons. The molecule has 0 radical (unpaired) electrons. The lowest BCUT2D eigenvalue weighted by atomic mass is 9.95. The highest BCUT2D eigenvalue weighted by molar-refractivity contribution is 7.07. The first-order valence-corrected chi connectivity index (χ1v) is 14.2. The number of ether oxygens (including phenoxy) is 4. The van der Waals surface area contributed by atoms with E-state index in [1.807, 2.05) is 54.6 Å². The molecule has 1 atom stereocenters. The lowest BCUT2D eigenvalue weighted by molar-refractivity contribution is -0.139. The minimum Gasteiger partial charge on any atom is -0.488 e. The molecule has 1 aromatic heterocycles. The zero-order valence-corrected chi connectivity index (χ0v) is 23.8. The Balaban J connectivity index is 1.43. The van der Waals surface area contributed by atoms with Crippen LogP contribution in [0.4, 0.5) is 0 Å². The van der Waals surface area contributed by atoms with Gasteiger partial charge in [0.15, 0.2) is 16.3 Å². The average molecular weight is 589 g/mol. The molecule has 4 aromatic rings. The van der Waals surface area contributed by atoms with Crippen LogP contribution in [0.2, 0.25) is 5.02 Å². The fourth-order valence-electron chi connectivity index (χ4n) is 4.80. The van der Waals surface area contributed by atoms with E-state index in [-0.39, 0.29) is 19.0 Å². The molecular formula is C31H25ClN2O6S. The van der Waals surface area contributed by atoms with Gasteiger partial charge >= 0.3 is 5.97 Å². The van der Waals surface area contributed by atoms with Crippen molar-refractivity contribution in [1.29, 1.82) is 0 Å². The molecule has 2 aliphatic heterocycles. The molecule has 0 saturated carbocycles. The first kappa shape index (κ1) is 26.9. The lowest BCUT2D eigenvalue weighted by Crippen LogP contribution is -2.39. The minimum atomic E-state index is -0.752. The highest BCUT2D eigenvalue weighted by atomic mass is 35.5. The summed E-state index contributed by atoms with van der Waals surface area (Å²) in [6.45, 7) is 4.14. The standard InChI is InChI=1S/C31H25ClN2O6S/c1-3-37-30(36)27-18(2)33-31-34(28(27)21-10-13-24-25(14-21)40-17-39-24)29(35)26(41-31)15-20-6-4-5-7-23(20)38-16-19-8-11-22(32)12-9-19/h4-15,28H,3,16-17H2,1-2H3. The summed E-state index contributed by atoms with van der Waals surface area (Å²) in [7, 11) is 0. The Labute approximate surface area is 244 Å². The van der Waals surface area contributed by atoms with Crippen molar-refractivity contribution in [2.45, 2.75) is 26.5 Å². The number of allylic oxidation sites excluding steroid dienone is 1. The molecule has 3 heterocycles. The first-order valence-electron chi connectivity index (χ1n) is 13.0. The summed E-state index contributed by atoms with van der Waals surface area (Å²) in [5.41, 5.74) is 2.91. The predicted octanol–water partition coefficient (Wildman–Crippen LogP) is 4.76. The van der Waals surface area contributed by atoms with E-state index >= 15 is 0 Å². The van der Waals surface area contributed by atoms with Crippen LogP contribution in [0.15, 0.2) is 87.8 Å². The predicted molar refractivity (Wildman–Crippen MR) is 155 cm³/mol. The zero-order valence-electron chi connectivity index (χ0n) is 22.3. The summed E-state index contributed by atoms with van der Waals surface area (Å²) in [5, 5.41) is 0.657. The molecule has 41 heavy (non-hydrogen) atoms. The van der Waals surface area contributed by atoms with Crippen LogP contribution in [0.1, 0.15) is 36.6 Å². The summed E-state index contributed by atoms with van der Waals surface area (Å²) in [4.78, 5) is 32.3. The number of halogens is 1. The molecular weight excluding hydrogens is 564 g/mol. The highest BCUT2D eigenvalue weighted by Crippen LogP contribution is 2.38. The average Bonchev–Trinajstić information content (AvgIpc) is 3.56. The fraction of sp³-hybridized carbons (Fsp3) is 0.194. The van der Waals surface area contributed by atoms with Crippen molar-refractivity contribution < 1.29 is 23.7 Å². The number of nitrogens with zero attached hydrogens (tertiary/aromatic N) is 2. The number of carbonyl (C=O) groups excluding carboxylic acids is 1. The van der Waals surface area contributed by atoms with Gasteiger partial charge in [-0.05, 0) is 61.4 Å². The van der Waals surface area contributed by atoms with Gasteiger partial charge in [0.2, 0.25) is 6.79 Å². The molecule has 2 aliphatic rings. The van der Waals surface area contributed by atoms with Crippen LogP contribution < -0.4 is 29.1 Å². The Morgan fingerprint density at radius 2 is 1.90 bits per heavy atom. The number of aromatic nitrogens is 1. The van der Waals surface area contributed by atoms with Gasteiger partial charge in [0.1, 0.15) is 12.4 Å². The number of carbonyl (C=O) groups is 1. The first-order chi connectivity index (χ1) is 19.9. The van der Waals surface area contributed by atoms with Crippen molar-refractivity contribution in [3.63, 3.8) is 0 Å². The quantitative estimate of drug-likeness (QED) is 0.289. The molecule has 0 amide bonds. The molecule has 0 saturated heterocycles. The SMILES string of the molecule is CCOC(=O)C1=C(C)N=c2sc(=Cc3ccccc3OCc3ccc(Cl)cc3)c(=O)n2C1c1ccc2c(c1)OCO2. The van der Waals surface area contributed by atoms with E-state index < -0.39 is 12.0 Å². The largest absolute Gasteiger partial charge is 0.488 e. The van der Waals surface area contributed by atoms with Crippen LogP contribution in [0.3, 0.4) is 0 Å². The van der Waals surface area contributed by atoms with E-state index in [4.69, 9.17) is 30.5 Å². The molecule has 0 aliphatic carbocycles. The summed E-state index contributed by atoms with van der Waals surface area (Å²) in [5.74, 6) is 1.26. The van der Waals surface area contributed by atoms with Gasteiger partial charge < -0.3 is 18.9 Å². The Hall–Kier alpha value is -4.34. The normalized spacial score (nSPS) is 15.9. The van der Waals surface area contributed by atoms with Gasteiger partial charge in [0.25, 0.3) is 5.56 Å². The van der Waals surface area contributed by atoms with E-state index in [1.54, 1.807) is 36.6 Å². The number of rotatable bonds is 7. The maximum atomic E-state index is 14.0. The number of hydrogen-bond donors (Lipinski definition) is 0. The third-order valence-electron chi connectivity index (χ3n) is 6.74. The summed E-state index contributed by atoms with van der Waals surface area (Å²) < 4.78 is 24.5. The number of benzene rings is 3. The van der Waals surface area contributed by atoms with Gasteiger partial charge in [-0.1, -0.05) is 59.3 Å². The van der Waals surface area contributed by atoms with Gasteiger partial charge in [-0.3, -0.25) is 9.36 Å². The lowest BCUT2D eigenvalue weighted by Gasteiger charge is -2.24. The van der Waals surface area contributed by atoms with E-state index in [1.165, 1.54) is 11.3 Å². The van der Waals surface area contributed by atoms with Crippen LogP contribution in [-0.4, -0.2) is 23.9 Å². The van der Waals surface area contributed by atoms with Crippen molar-refractivity contribution >= 4 is 35.0 Å². The van der Waals surface area contributed by atoms with Crippen molar-refractivity contribution in [2.75, 3.05) is 13.4 Å². The third kappa shape index (κ3) is 5.26. The van der Waals surface area contributed by atoms with Gasteiger partial charge in [0, 0.05) is 10.6 Å². The van der Waals surface area contributed by atoms with Crippen molar-refractivity contribution in [2.24, 2.45) is 4.99 Å². The number of fused-ring (bicyclic) bond motifs is 2. The van der Waals surface area contributed by atoms with Crippen LogP contribution in [0, 0.1) is 0 Å². The molecule has 0 bridgehead atoms.